The number of pyridine rings is 2. The SMILES string of the molecule is CCOc1c(C(C)n2nc(-c3ccc(C(=O)N(C)C)nc3)c3c(N)ncnc32)cc(Cl)c(C)c1-c1ccc(C(=O)N(C)C)nc1.O=C(O)C(F)(F)F.O=C(O)C(F)(F)F.O=C(O)C(F)(F)F. The number of hydrogen-bond acceptors (Lipinski definition) is 12. The van der Waals surface area contributed by atoms with Crippen LogP contribution in [0.4, 0.5) is 45.3 Å². The maximum Gasteiger partial charge on any atom is 0.490 e. The van der Waals surface area contributed by atoms with Crippen molar-refractivity contribution in [2.45, 2.75) is 45.3 Å². The first-order valence-corrected chi connectivity index (χ1v) is 18.4. The van der Waals surface area contributed by atoms with Gasteiger partial charge in [0, 0.05) is 67.9 Å². The van der Waals surface area contributed by atoms with E-state index in [1.54, 1.807) is 63.5 Å². The molecule has 4 heterocycles. The molecule has 1 unspecified atom stereocenters. The zero-order chi connectivity index (χ0) is 50.8. The lowest BCUT2D eigenvalue weighted by Crippen LogP contribution is -2.22. The van der Waals surface area contributed by atoms with Gasteiger partial charge in [-0.25, -0.2) is 29.0 Å². The van der Waals surface area contributed by atoms with E-state index in [0.717, 1.165) is 22.3 Å². The van der Waals surface area contributed by atoms with Crippen LogP contribution in [0.25, 0.3) is 33.4 Å². The van der Waals surface area contributed by atoms with Crippen LogP contribution in [-0.4, -0.2) is 138 Å². The predicted molar refractivity (Wildman–Crippen MR) is 214 cm³/mol. The molecule has 0 spiro atoms. The van der Waals surface area contributed by atoms with E-state index in [9.17, 15) is 49.1 Å². The van der Waals surface area contributed by atoms with Crippen LogP contribution in [-0.2, 0) is 14.4 Å². The van der Waals surface area contributed by atoms with Gasteiger partial charge in [0.25, 0.3) is 11.8 Å². The normalized spacial score (nSPS) is 11.7. The quantitative estimate of drug-likeness (QED) is 0.117. The number of nitrogen functional groups attached to an aromatic ring is 1. The number of carboxylic acids is 3. The summed E-state index contributed by atoms with van der Waals surface area (Å²) in [6.07, 6.45) is -10.6. The molecule has 2 amide bonds. The van der Waals surface area contributed by atoms with Crippen molar-refractivity contribution in [3.8, 4) is 28.1 Å². The summed E-state index contributed by atoms with van der Waals surface area (Å²) >= 11 is 6.85. The predicted octanol–water partition coefficient (Wildman–Crippen LogP) is 6.81. The Morgan fingerprint density at radius 3 is 1.55 bits per heavy atom. The molecule has 1 aromatic carbocycles. The van der Waals surface area contributed by atoms with Crippen molar-refractivity contribution in [3.63, 3.8) is 0 Å². The zero-order valence-electron chi connectivity index (χ0n) is 35.1. The number of carbonyl (C=O) groups is 5. The number of amides is 2. The lowest BCUT2D eigenvalue weighted by Gasteiger charge is -2.23. The molecule has 0 saturated heterocycles. The van der Waals surface area contributed by atoms with Crippen molar-refractivity contribution in [1.82, 2.24) is 39.5 Å². The summed E-state index contributed by atoms with van der Waals surface area (Å²) in [5.74, 6) is -7.81. The van der Waals surface area contributed by atoms with Crippen LogP contribution in [0.3, 0.4) is 0 Å². The number of fused-ring (bicyclic) bond motifs is 1. The van der Waals surface area contributed by atoms with E-state index < -0.39 is 42.5 Å². The summed E-state index contributed by atoms with van der Waals surface area (Å²) in [4.78, 5) is 72.1. The number of ether oxygens (including phenoxy) is 1. The minimum atomic E-state index is -5.08. The third kappa shape index (κ3) is 14.1. The fourth-order valence-electron chi connectivity index (χ4n) is 5.09. The van der Waals surface area contributed by atoms with Crippen molar-refractivity contribution < 1.29 is 83.5 Å². The molecule has 0 radical (unpaired) electrons. The first-order valence-electron chi connectivity index (χ1n) is 18.0. The van der Waals surface area contributed by atoms with Crippen LogP contribution < -0.4 is 10.5 Å². The summed E-state index contributed by atoms with van der Waals surface area (Å²) in [7, 11) is 6.70. The topological polar surface area (TPSA) is 257 Å². The second-order valence-electron chi connectivity index (χ2n) is 13.3. The number of aliphatic carboxylic acids is 3. The first-order chi connectivity index (χ1) is 30.3. The van der Waals surface area contributed by atoms with Crippen LogP contribution in [0.2, 0.25) is 5.02 Å². The largest absolute Gasteiger partial charge is 0.493 e. The van der Waals surface area contributed by atoms with E-state index in [0.29, 0.717) is 51.1 Å². The van der Waals surface area contributed by atoms with E-state index in [1.165, 1.54) is 16.1 Å². The number of rotatable bonds is 8. The molecule has 0 saturated carbocycles. The van der Waals surface area contributed by atoms with Crippen molar-refractivity contribution >= 4 is 58.2 Å². The highest BCUT2D eigenvalue weighted by atomic mass is 35.5. The Hall–Kier alpha value is -7.32. The summed E-state index contributed by atoms with van der Waals surface area (Å²) in [5.41, 5.74) is 11.8. The molecule has 5 aromatic rings. The van der Waals surface area contributed by atoms with E-state index >= 15 is 0 Å². The van der Waals surface area contributed by atoms with Gasteiger partial charge in [0.15, 0.2) is 5.65 Å². The summed E-state index contributed by atoms with van der Waals surface area (Å²) < 4.78 is 103. The lowest BCUT2D eigenvalue weighted by atomic mass is 9.94. The van der Waals surface area contributed by atoms with Gasteiger partial charge in [0.2, 0.25) is 0 Å². The van der Waals surface area contributed by atoms with E-state index in [1.807, 2.05) is 32.9 Å². The van der Waals surface area contributed by atoms with Gasteiger partial charge >= 0.3 is 36.4 Å². The highest BCUT2D eigenvalue weighted by molar-refractivity contribution is 6.32. The lowest BCUT2D eigenvalue weighted by molar-refractivity contribution is -0.193. The van der Waals surface area contributed by atoms with Crippen molar-refractivity contribution in [1.29, 1.82) is 0 Å². The van der Waals surface area contributed by atoms with Crippen molar-refractivity contribution in [3.05, 3.63) is 76.6 Å². The molecular weight excluding hydrogens is 933 g/mol. The number of carboxylic acid groups (broad SMARTS) is 3. The Kier molecular flexibility index (Phi) is 18.3. The van der Waals surface area contributed by atoms with Crippen LogP contribution in [0.1, 0.15) is 52.0 Å². The van der Waals surface area contributed by atoms with Gasteiger partial charge in [-0.05, 0) is 50.6 Å². The van der Waals surface area contributed by atoms with Gasteiger partial charge in [-0.3, -0.25) is 19.6 Å². The molecule has 66 heavy (non-hydrogen) atoms. The molecule has 0 aliphatic heterocycles. The second kappa shape index (κ2) is 22.0. The molecular formula is C38H37ClF9N9O9. The molecule has 1 atom stereocenters. The van der Waals surface area contributed by atoms with Crippen LogP contribution >= 0.6 is 11.6 Å². The number of aromatic nitrogens is 6. The molecule has 5 N–H and O–H groups in total. The molecule has 0 fully saturated rings. The number of anilines is 1. The molecule has 4 aromatic heterocycles. The molecule has 0 bridgehead atoms. The number of nitrogens with two attached hydrogens (primary N) is 1. The Labute approximate surface area is 371 Å². The fraction of sp³-hybridized carbons (Fsp3) is 0.316. The maximum atomic E-state index is 12.5. The van der Waals surface area contributed by atoms with Gasteiger partial charge < -0.3 is 35.6 Å². The minimum Gasteiger partial charge on any atom is -0.493 e. The Bertz CT molecular complexity index is 2490. The zero-order valence-corrected chi connectivity index (χ0v) is 35.9. The highest BCUT2D eigenvalue weighted by Crippen LogP contribution is 2.44. The molecule has 0 aliphatic carbocycles. The van der Waals surface area contributed by atoms with Crippen LogP contribution in [0.5, 0.6) is 5.75 Å². The number of nitrogens with zero attached hydrogens (tertiary/aromatic N) is 8. The van der Waals surface area contributed by atoms with Crippen LogP contribution in [0, 0.1) is 6.92 Å². The van der Waals surface area contributed by atoms with E-state index in [4.69, 9.17) is 56.9 Å². The van der Waals surface area contributed by atoms with Crippen molar-refractivity contribution in [2.24, 2.45) is 0 Å². The highest BCUT2D eigenvalue weighted by Gasteiger charge is 2.39. The molecule has 5 rings (SSSR count). The first kappa shape index (κ1) is 54.8. The Balaban J connectivity index is 0.000000589. The maximum absolute atomic E-state index is 12.5. The van der Waals surface area contributed by atoms with Crippen LogP contribution in [0.15, 0.2) is 49.1 Å². The second-order valence-corrected chi connectivity index (χ2v) is 13.7. The molecule has 358 valence electrons. The fourth-order valence-corrected chi connectivity index (χ4v) is 5.30. The molecule has 28 heteroatoms. The molecule has 0 aliphatic rings. The Morgan fingerprint density at radius 1 is 0.758 bits per heavy atom. The van der Waals surface area contributed by atoms with Gasteiger partial charge in [0.05, 0.1) is 18.0 Å². The average Bonchev–Trinajstić information content (AvgIpc) is 3.62. The smallest absolute Gasteiger partial charge is 0.490 e. The number of halogens is 10. The summed E-state index contributed by atoms with van der Waals surface area (Å²) in [6.45, 7) is 6.19. The van der Waals surface area contributed by atoms with Crippen molar-refractivity contribution in [2.75, 3.05) is 40.5 Å². The monoisotopic (exact) mass is 969 g/mol. The van der Waals surface area contributed by atoms with Gasteiger partial charge in [-0.15, -0.1) is 0 Å². The third-order valence-corrected chi connectivity index (χ3v) is 8.59. The Morgan fingerprint density at radius 2 is 1.18 bits per heavy atom. The average molecular weight is 970 g/mol. The minimum absolute atomic E-state index is 0.194. The van der Waals surface area contributed by atoms with Gasteiger partial charge in [-0.1, -0.05) is 17.7 Å². The third-order valence-electron chi connectivity index (χ3n) is 8.20. The molecule has 18 nitrogen and oxygen atoms in total. The standard InChI is InChI=1S/C32H34ClN9O3.3C2HF3O2/c1-8-45-28-21(13-22(33)17(2)25(28)19-9-11-23(35-14-19)31(43)40(4)5)18(3)42-30-26(29(34)37-16-38-30)27(39-42)20-10-12-24(36-15-20)32(44)41(6)7;3*3-2(4,5)1(6)7/h9-16,18H,8H2,1-7H3,(H2,34,37,38);3*(H,6,7). The summed E-state index contributed by atoms with van der Waals surface area (Å²) in [5, 5.41) is 27.4. The number of carbonyl (C=O) groups excluding carboxylic acids is 2. The summed E-state index contributed by atoms with van der Waals surface area (Å²) in [6, 6.07) is 8.39. The van der Waals surface area contributed by atoms with E-state index in [-0.39, 0.29) is 17.6 Å². The van der Waals surface area contributed by atoms with E-state index in [2.05, 4.69) is 19.9 Å². The van der Waals surface area contributed by atoms with Gasteiger partial charge in [-0.2, -0.15) is 44.6 Å². The number of benzene rings is 1. The number of alkyl halides is 9. The number of hydrogen-bond donors (Lipinski definition) is 4. The van der Waals surface area contributed by atoms with Gasteiger partial charge in [0.1, 0.15) is 35.0 Å².